The molecule has 4 heterocycles. The molecular formula is C31H30F2N4O2S. The summed E-state index contributed by atoms with van der Waals surface area (Å²) >= 11 is 1.20. The number of benzene rings is 2. The molecule has 40 heavy (non-hydrogen) atoms. The van der Waals surface area contributed by atoms with Crippen molar-refractivity contribution in [1.82, 2.24) is 10.1 Å². The summed E-state index contributed by atoms with van der Waals surface area (Å²) in [6.07, 6.45) is 7.17. The minimum Gasteiger partial charge on any atom is -0.356 e. The van der Waals surface area contributed by atoms with Gasteiger partial charge in [-0.15, -0.1) is 11.3 Å². The molecule has 6 rings (SSSR count). The third-order valence-electron chi connectivity index (χ3n) is 8.22. The molecule has 2 fully saturated rings. The number of aryl methyl sites for hydroxylation is 1. The van der Waals surface area contributed by atoms with E-state index in [2.05, 4.69) is 16.9 Å². The topological polar surface area (TPSA) is 76.7 Å². The number of hydrogen-bond acceptors (Lipinski definition) is 5. The van der Waals surface area contributed by atoms with E-state index in [1.165, 1.54) is 29.5 Å². The molecule has 0 radical (unpaired) electrons. The molecule has 2 atom stereocenters. The van der Waals surface area contributed by atoms with Crippen LogP contribution >= 0.6 is 11.3 Å². The fourth-order valence-electron chi connectivity index (χ4n) is 6.26. The molecule has 2 aromatic carbocycles. The molecule has 2 aliphatic heterocycles. The van der Waals surface area contributed by atoms with E-state index >= 15 is 4.39 Å². The van der Waals surface area contributed by atoms with Gasteiger partial charge in [-0.3, -0.25) is 4.79 Å². The third kappa shape index (κ3) is 4.69. The van der Waals surface area contributed by atoms with E-state index < -0.39 is 11.6 Å². The standard InChI is InChI=1S/C31H30F2N4O2S/c1-3-4-5-6-26-23-14-24(32)22(15-28(23)39-36-26)30-21(17-7-10-27(35-2)25(33)11-17)16-29(40-30)31(38)37-19-8-9-20(37)13-18(34)12-19/h7,10-11,14-16,18-20H,3-6,8-9,12-13,34H2,1H3. The van der Waals surface area contributed by atoms with Crippen molar-refractivity contribution in [3.05, 3.63) is 70.0 Å². The van der Waals surface area contributed by atoms with Crippen LogP contribution in [0.2, 0.25) is 0 Å². The van der Waals surface area contributed by atoms with Crippen molar-refractivity contribution in [2.24, 2.45) is 5.73 Å². The van der Waals surface area contributed by atoms with Crippen LogP contribution in [-0.4, -0.2) is 34.1 Å². The molecule has 206 valence electrons. The van der Waals surface area contributed by atoms with Crippen LogP contribution in [0, 0.1) is 18.2 Å². The zero-order valence-electron chi connectivity index (χ0n) is 22.3. The summed E-state index contributed by atoms with van der Waals surface area (Å²) in [7, 11) is 0. The van der Waals surface area contributed by atoms with Crippen molar-refractivity contribution < 1.29 is 18.1 Å². The number of halogens is 2. The first-order chi connectivity index (χ1) is 19.4. The summed E-state index contributed by atoms with van der Waals surface area (Å²) in [6.45, 7) is 9.31. The smallest absolute Gasteiger partial charge is 0.264 e. The minimum absolute atomic E-state index is 0.0922. The molecule has 6 nitrogen and oxygen atoms in total. The van der Waals surface area contributed by atoms with Crippen LogP contribution in [0.1, 0.15) is 67.2 Å². The molecular weight excluding hydrogens is 530 g/mol. The lowest BCUT2D eigenvalue weighted by Crippen LogP contribution is -2.49. The number of nitrogens with two attached hydrogens (primary N) is 1. The highest BCUT2D eigenvalue weighted by atomic mass is 32.1. The number of nitrogens with zero attached hydrogens (tertiary/aromatic N) is 3. The molecule has 2 aromatic heterocycles. The maximum absolute atomic E-state index is 15.8. The Hall–Kier alpha value is -3.61. The molecule has 4 aromatic rings. The van der Waals surface area contributed by atoms with Gasteiger partial charge in [-0.1, -0.05) is 37.1 Å². The molecule has 2 aliphatic rings. The molecule has 2 unspecified atom stereocenters. The van der Waals surface area contributed by atoms with Gasteiger partial charge >= 0.3 is 0 Å². The fourth-order valence-corrected chi connectivity index (χ4v) is 7.40. The lowest BCUT2D eigenvalue weighted by molar-refractivity contribution is 0.0580. The summed E-state index contributed by atoms with van der Waals surface area (Å²) in [5.74, 6) is -1.23. The lowest BCUT2D eigenvalue weighted by atomic mass is 9.97. The molecule has 0 saturated carbocycles. The largest absolute Gasteiger partial charge is 0.356 e. The Bertz CT molecular complexity index is 1620. The van der Waals surface area contributed by atoms with Crippen LogP contribution < -0.4 is 5.73 Å². The third-order valence-corrected chi connectivity index (χ3v) is 9.38. The summed E-state index contributed by atoms with van der Waals surface area (Å²) in [5, 5.41) is 4.83. The SMILES string of the molecule is [C-]#[N+]c1ccc(-c2cc(C(=O)N3C4CCC3CC(N)C4)sc2-c2cc3onc(CCCCC)c3cc2F)cc1F. The van der Waals surface area contributed by atoms with Gasteiger partial charge in [0.2, 0.25) is 5.69 Å². The van der Waals surface area contributed by atoms with Gasteiger partial charge in [-0.2, -0.15) is 0 Å². The Morgan fingerprint density at radius 3 is 2.60 bits per heavy atom. The monoisotopic (exact) mass is 560 g/mol. The van der Waals surface area contributed by atoms with Crippen molar-refractivity contribution in [2.75, 3.05) is 0 Å². The summed E-state index contributed by atoms with van der Waals surface area (Å²) in [5.41, 5.74) is 8.59. The highest BCUT2D eigenvalue weighted by molar-refractivity contribution is 7.18. The van der Waals surface area contributed by atoms with Crippen LogP contribution in [0.15, 0.2) is 40.9 Å². The average Bonchev–Trinajstić information content (AvgIpc) is 3.62. The van der Waals surface area contributed by atoms with Crippen molar-refractivity contribution >= 4 is 33.9 Å². The molecule has 0 spiro atoms. The predicted molar refractivity (Wildman–Crippen MR) is 152 cm³/mol. The number of unbranched alkanes of at least 4 members (excludes halogenated alkanes) is 2. The van der Waals surface area contributed by atoms with E-state index in [0.29, 0.717) is 38.3 Å². The number of fused-ring (bicyclic) bond motifs is 3. The summed E-state index contributed by atoms with van der Waals surface area (Å²) in [6, 6.07) is 9.39. The number of amides is 1. The molecule has 2 saturated heterocycles. The Labute approximate surface area is 235 Å². The summed E-state index contributed by atoms with van der Waals surface area (Å²) in [4.78, 5) is 20.0. The first-order valence-electron chi connectivity index (χ1n) is 13.9. The highest BCUT2D eigenvalue weighted by Crippen LogP contribution is 2.45. The number of thiophene rings is 1. The zero-order valence-corrected chi connectivity index (χ0v) is 23.1. The Balaban J connectivity index is 1.44. The van der Waals surface area contributed by atoms with Crippen LogP contribution in [0.3, 0.4) is 0 Å². The second-order valence-corrected chi connectivity index (χ2v) is 11.9. The zero-order chi connectivity index (χ0) is 28.0. The van der Waals surface area contributed by atoms with Gasteiger partial charge in [0.15, 0.2) is 5.58 Å². The maximum atomic E-state index is 15.8. The fraction of sp³-hybridized carbons (Fsp3) is 0.387. The van der Waals surface area contributed by atoms with E-state index in [9.17, 15) is 9.18 Å². The molecule has 2 bridgehead atoms. The quantitative estimate of drug-likeness (QED) is 0.184. The molecule has 1 amide bonds. The van der Waals surface area contributed by atoms with Crippen LogP contribution in [-0.2, 0) is 6.42 Å². The summed E-state index contributed by atoms with van der Waals surface area (Å²) < 4.78 is 36.1. The number of hydrogen-bond donors (Lipinski definition) is 1. The Kier molecular flexibility index (Phi) is 7.15. The van der Waals surface area contributed by atoms with Crippen molar-refractivity contribution in [3.63, 3.8) is 0 Å². The number of carbonyl (C=O) groups excluding carboxylic acids is 1. The lowest BCUT2D eigenvalue weighted by Gasteiger charge is -2.37. The van der Waals surface area contributed by atoms with E-state index in [-0.39, 0.29) is 35.3 Å². The molecule has 0 aliphatic carbocycles. The average molecular weight is 561 g/mol. The first kappa shape index (κ1) is 26.6. The van der Waals surface area contributed by atoms with Gasteiger partial charge in [-0.05, 0) is 68.4 Å². The van der Waals surface area contributed by atoms with Crippen molar-refractivity contribution in [2.45, 2.75) is 76.4 Å². The number of piperidine rings is 1. The van der Waals surface area contributed by atoms with Crippen molar-refractivity contribution in [3.8, 4) is 21.6 Å². The van der Waals surface area contributed by atoms with Gasteiger partial charge in [0.1, 0.15) is 11.6 Å². The number of rotatable bonds is 7. The molecule has 9 heteroatoms. The highest BCUT2D eigenvalue weighted by Gasteiger charge is 2.43. The van der Waals surface area contributed by atoms with Gasteiger partial charge in [0, 0.05) is 39.5 Å². The number of carbonyl (C=O) groups is 1. The minimum atomic E-state index is -0.663. The Morgan fingerprint density at radius 2 is 1.90 bits per heavy atom. The van der Waals surface area contributed by atoms with Crippen LogP contribution in [0.4, 0.5) is 14.5 Å². The predicted octanol–water partition coefficient (Wildman–Crippen LogP) is 7.88. The second-order valence-electron chi connectivity index (χ2n) is 10.9. The van der Waals surface area contributed by atoms with E-state index in [0.717, 1.165) is 50.6 Å². The van der Waals surface area contributed by atoms with E-state index in [1.807, 2.05) is 4.90 Å². The van der Waals surface area contributed by atoms with Crippen molar-refractivity contribution in [1.29, 1.82) is 0 Å². The maximum Gasteiger partial charge on any atom is 0.264 e. The van der Waals surface area contributed by atoms with Gasteiger partial charge in [0.25, 0.3) is 5.91 Å². The van der Waals surface area contributed by atoms with E-state index in [1.54, 1.807) is 18.2 Å². The number of aromatic nitrogens is 1. The van der Waals surface area contributed by atoms with Gasteiger partial charge in [-0.25, -0.2) is 13.6 Å². The van der Waals surface area contributed by atoms with Crippen LogP contribution in [0.25, 0.3) is 37.4 Å². The molecule has 2 N–H and O–H groups in total. The van der Waals surface area contributed by atoms with Crippen LogP contribution in [0.5, 0.6) is 0 Å². The van der Waals surface area contributed by atoms with Gasteiger partial charge < -0.3 is 15.2 Å². The Morgan fingerprint density at radius 1 is 1.12 bits per heavy atom. The van der Waals surface area contributed by atoms with Gasteiger partial charge in [0.05, 0.1) is 17.1 Å². The first-order valence-corrected chi connectivity index (χ1v) is 14.7. The van der Waals surface area contributed by atoms with E-state index in [4.69, 9.17) is 16.8 Å². The normalized spacial score (nSPS) is 20.3. The second kappa shape index (κ2) is 10.8.